The van der Waals surface area contributed by atoms with E-state index in [1.165, 1.54) is 9.80 Å². The normalized spacial score (nSPS) is 35.1. The van der Waals surface area contributed by atoms with Crippen LogP contribution in [0.25, 0.3) is 0 Å². The first kappa shape index (κ1) is 26.3. The second-order valence-electron chi connectivity index (χ2n) is 9.06. The molecule has 34 heavy (non-hydrogen) atoms. The Hall–Kier alpha value is -2.28. The summed E-state index contributed by atoms with van der Waals surface area (Å²) in [5, 5.41) is 2.66. The van der Waals surface area contributed by atoms with E-state index in [0.717, 1.165) is 0 Å². The monoisotopic (exact) mass is 483 g/mol. The van der Waals surface area contributed by atoms with Crippen molar-refractivity contribution in [2.75, 3.05) is 39.5 Å². The predicted molar refractivity (Wildman–Crippen MR) is 120 cm³/mol. The third-order valence-corrected chi connectivity index (χ3v) is 6.74. The minimum Gasteiger partial charge on any atom is -0.377 e. The number of hydrogen-bond acceptors (Lipinski definition) is 8. The maximum absolute atomic E-state index is 13.5. The van der Waals surface area contributed by atoms with E-state index in [4.69, 9.17) is 25.7 Å². The van der Waals surface area contributed by atoms with E-state index in [1.807, 2.05) is 0 Å². The summed E-state index contributed by atoms with van der Waals surface area (Å²) in [4.78, 5) is 54.7. The lowest BCUT2D eigenvalue weighted by atomic mass is 10.1. The van der Waals surface area contributed by atoms with Crippen LogP contribution >= 0.6 is 0 Å². The smallest absolute Gasteiger partial charge is 0.246 e. The zero-order chi connectivity index (χ0) is 24.8. The van der Waals surface area contributed by atoms with Gasteiger partial charge in [-0.05, 0) is 39.5 Å². The van der Waals surface area contributed by atoms with Crippen molar-refractivity contribution < 1.29 is 33.4 Å². The van der Waals surface area contributed by atoms with Crippen LogP contribution in [0.15, 0.2) is 0 Å². The van der Waals surface area contributed by atoms with E-state index >= 15 is 0 Å². The Labute approximate surface area is 199 Å². The van der Waals surface area contributed by atoms with Crippen molar-refractivity contribution >= 4 is 23.6 Å². The fourth-order valence-electron chi connectivity index (χ4n) is 4.73. The van der Waals surface area contributed by atoms with Gasteiger partial charge in [-0.1, -0.05) is 0 Å². The second-order valence-corrected chi connectivity index (χ2v) is 9.06. The van der Waals surface area contributed by atoms with E-state index in [2.05, 4.69) is 5.32 Å². The molecule has 5 N–H and O–H groups in total. The Morgan fingerprint density at radius 2 is 1.44 bits per heavy atom. The van der Waals surface area contributed by atoms with E-state index in [0.29, 0.717) is 38.8 Å². The Balaban J connectivity index is 1.81. The van der Waals surface area contributed by atoms with E-state index < -0.39 is 48.2 Å². The summed E-state index contributed by atoms with van der Waals surface area (Å²) >= 11 is 0. The number of carbonyl (C=O) groups excluding carboxylic acids is 4. The number of carbonyl (C=O) groups is 4. The molecule has 3 aliphatic heterocycles. The van der Waals surface area contributed by atoms with Crippen LogP contribution in [0.4, 0.5) is 0 Å². The third kappa shape index (κ3) is 6.04. The van der Waals surface area contributed by atoms with Gasteiger partial charge < -0.3 is 40.8 Å². The molecule has 12 nitrogen and oxygen atoms in total. The molecule has 3 rings (SSSR count). The molecule has 0 aromatic carbocycles. The van der Waals surface area contributed by atoms with E-state index in [9.17, 15) is 19.2 Å². The highest BCUT2D eigenvalue weighted by Gasteiger charge is 2.44. The second kappa shape index (κ2) is 11.9. The number of nitrogens with two attached hydrogens (primary N) is 2. The summed E-state index contributed by atoms with van der Waals surface area (Å²) in [6.45, 7) is 5.09. The van der Waals surface area contributed by atoms with Crippen molar-refractivity contribution in [2.24, 2.45) is 11.5 Å². The zero-order valence-electron chi connectivity index (χ0n) is 19.9. The van der Waals surface area contributed by atoms with Crippen LogP contribution in [0.3, 0.4) is 0 Å². The lowest BCUT2D eigenvalue weighted by Crippen LogP contribution is -2.59. The largest absolute Gasteiger partial charge is 0.377 e. The van der Waals surface area contributed by atoms with Crippen molar-refractivity contribution in [1.29, 1.82) is 0 Å². The first-order valence-electron chi connectivity index (χ1n) is 12.0. The molecule has 4 amide bonds. The molecule has 0 aliphatic carbocycles. The predicted octanol–water partition coefficient (Wildman–Crippen LogP) is -1.89. The molecule has 3 aliphatic rings. The van der Waals surface area contributed by atoms with Crippen molar-refractivity contribution in [2.45, 2.75) is 75.9 Å². The fraction of sp³-hybridized carbons (Fsp3) is 0.818. The molecule has 0 aromatic rings. The Morgan fingerprint density at radius 3 is 2.06 bits per heavy atom. The summed E-state index contributed by atoms with van der Waals surface area (Å²) in [7, 11) is 0. The van der Waals surface area contributed by atoms with Gasteiger partial charge in [-0.3, -0.25) is 19.2 Å². The average molecular weight is 484 g/mol. The first-order chi connectivity index (χ1) is 16.2. The topological polar surface area (TPSA) is 167 Å². The van der Waals surface area contributed by atoms with Gasteiger partial charge in [0.25, 0.3) is 0 Å². The number of amides is 4. The van der Waals surface area contributed by atoms with Crippen LogP contribution in [0.5, 0.6) is 0 Å². The Morgan fingerprint density at radius 1 is 0.882 bits per heavy atom. The summed E-state index contributed by atoms with van der Waals surface area (Å²) in [6.07, 6.45) is 1.01. The fourth-order valence-corrected chi connectivity index (χ4v) is 4.73. The number of fused-ring (bicyclic) bond motifs is 2. The Bertz CT molecular complexity index is 766. The summed E-state index contributed by atoms with van der Waals surface area (Å²) in [5.74, 6) is -1.82. The van der Waals surface area contributed by atoms with Crippen LogP contribution in [0.2, 0.25) is 0 Å². The number of nitrogens with one attached hydrogen (secondary N) is 1. The number of primary amides is 1. The van der Waals surface area contributed by atoms with Gasteiger partial charge in [-0.25, -0.2) is 0 Å². The zero-order valence-corrected chi connectivity index (χ0v) is 19.9. The molecule has 0 bridgehead atoms. The molecule has 0 radical (unpaired) electrons. The summed E-state index contributed by atoms with van der Waals surface area (Å²) in [5.41, 5.74) is 11.7. The summed E-state index contributed by atoms with van der Waals surface area (Å²) < 4.78 is 16.8. The van der Waals surface area contributed by atoms with Gasteiger partial charge in [-0.2, -0.15) is 0 Å². The molecule has 0 aromatic heterocycles. The maximum atomic E-state index is 13.5. The van der Waals surface area contributed by atoms with Gasteiger partial charge in [0.1, 0.15) is 24.2 Å². The molecule has 6 unspecified atom stereocenters. The quantitative estimate of drug-likeness (QED) is 0.389. The molecule has 0 spiro atoms. The van der Waals surface area contributed by atoms with Gasteiger partial charge in [0, 0.05) is 13.1 Å². The maximum Gasteiger partial charge on any atom is 0.246 e. The number of rotatable bonds is 1. The first-order valence-corrected chi connectivity index (χ1v) is 12.0. The van der Waals surface area contributed by atoms with Crippen LogP contribution in [-0.2, 0) is 33.4 Å². The lowest BCUT2D eigenvalue weighted by molar-refractivity contribution is -0.148. The van der Waals surface area contributed by atoms with Gasteiger partial charge in [0.2, 0.25) is 23.6 Å². The highest BCUT2D eigenvalue weighted by molar-refractivity contribution is 5.95. The highest BCUT2D eigenvalue weighted by atomic mass is 16.5. The van der Waals surface area contributed by atoms with Crippen LogP contribution in [0, 0.1) is 0 Å². The minimum atomic E-state index is -1.06. The van der Waals surface area contributed by atoms with Crippen LogP contribution in [0.1, 0.15) is 39.5 Å². The Kier molecular flexibility index (Phi) is 9.23. The van der Waals surface area contributed by atoms with Gasteiger partial charge in [0.15, 0.2) is 0 Å². The molecule has 0 saturated carbocycles. The third-order valence-electron chi connectivity index (χ3n) is 6.74. The SMILES string of the molecule is CC1OCCOCCOC(C)C(C(N)=O)NC(=O)C2CCCN2C(=O)C2CCCN2C(=O)C1N. The molecular formula is C22H37N5O7. The average Bonchev–Trinajstić information content (AvgIpc) is 3.49. The van der Waals surface area contributed by atoms with E-state index in [1.54, 1.807) is 13.8 Å². The van der Waals surface area contributed by atoms with Crippen LogP contribution < -0.4 is 16.8 Å². The van der Waals surface area contributed by atoms with Crippen LogP contribution in [-0.4, -0.2) is 109 Å². The molecule has 192 valence electrons. The molecular weight excluding hydrogens is 446 g/mol. The van der Waals surface area contributed by atoms with Gasteiger partial charge in [0.05, 0.1) is 38.6 Å². The van der Waals surface area contributed by atoms with Gasteiger partial charge >= 0.3 is 0 Å². The molecule has 6 atom stereocenters. The van der Waals surface area contributed by atoms with E-state index in [-0.39, 0.29) is 38.2 Å². The minimum absolute atomic E-state index is 0.180. The van der Waals surface area contributed by atoms with Crippen molar-refractivity contribution in [3.8, 4) is 0 Å². The molecule has 3 fully saturated rings. The molecule has 3 saturated heterocycles. The van der Waals surface area contributed by atoms with Crippen molar-refractivity contribution in [3.63, 3.8) is 0 Å². The standard InChI is InChI=1S/C22H37N5O7/c1-13-17(23)22(31)27-8-4-6-16(27)21(30)26-7-3-5-15(26)20(29)25-18(19(24)28)14(2)34-12-10-32-9-11-33-13/h13-18H,3-12,23H2,1-2H3,(H2,24,28)(H,25,29). The number of hydrogen-bond donors (Lipinski definition) is 3. The molecule has 3 heterocycles. The van der Waals surface area contributed by atoms with Gasteiger partial charge in [-0.15, -0.1) is 0 Å². The highest BCUT2D eigenvalue weighted by Crippen LogP contribution is 2.26. The van der Waals surface area contributed by atoms with Crippen molar-refractivity contribution in [1.82, 2.24) is 15.1 Å². The van der Waals surface area contributed by atoms with Crippen molar-refractivity contribution in [3.05, 3.63) is 0 Å². The summed E-state index contributed by atoms with van der Waals surface area (Å²) in [6, 6.07) is -3.41. The molecule has 12 heteroatoms. The number of nitrogens with zero attached hydrogens (tertiary/aromatic N) is 2. The number of ether oxygens (including phenoxy) is 3. The lowest BCUT2D eigenvalue weighted by Gasteiger charge is -2.33.